The fraction of sp³-hybridized carbons (Fsp3) is 0.562. The molecule has 3 nitrogen and oxygen atoms in total. The summed E-state index contributed by atoms with van der Waals surface area (Å²) in [5, 5.41) is 23.1. The van der Waals surface area contributed by atoms with Gasteiger partial charge in [0.25, 0.3) is 0 Å². The zero-order valence-electron chi connectivity index (χ0n) is 11.4. The van der Waals surface area contributed by atoms with Gasteiger partial charge >= 0.3 is 0 Å². The van der Waals surface area contributed by atoms with Crippen LogP contribution in [0, 0.1) is 17.1 Å². The minimum atomic E-state index is -1.07. The van der Waals surface area contributed by atoms with Gasteiger partial charge in [0.15, 0.2) is 0 Å². The Labute approximate surface area is 118 Å². The van der Waals surface area contributed by atoms with E-state index in [0.29, 0.717) is 24.0 Å². The van der Waals surface area contributed by atoms with E-state index in [2.05, 4.69) is 5.32 Å². The first-order valence-electron chi connectivity index (χ1n) is 7.25. The first-order valence-corrected chi connectivity index (χ1v) is 7.25. The number of benzene rings is 1. The molecule has 4 heteroatoms. The predicted molar refractivity (Wildman–Crippen MR) is 73.4 cm³/mol. The maximum atomic E-state index is 14.3. The van der Waals surface area contributed by atoms with Crippen LogP contribution in [0.15, 0.2) is 18.2 Å². The van der Waals surface area contributed by atoms with Gasteiger partial charge < -0.3 is 10.4 Å². The second kappa shape index (κ2) is 5.16. The van der Waals surface area contributed by atoms with Gasteiger partial charge in [0.2, 0.25) is 0 Å². The summed E-state index contributed by atoms with van der Waals surface area (Å²) in [5.74, 6) is -0.389. The van der Waals surface area contributed by atoms with Crippen molar-refractivity contribution in [1.82, 2.24) is 5.32 Å². The van der Waals surface area contributed by atoms with Crippen LogP contribution in [0.25, 0.3) is 0 Å². The highest BCUT2D eigenvalue weighted by Crippen LogP contribution is 2.40. The lowest BCUT2D eigenvalue weighted by molar-refractivity contribution is -0.0383. The Bertz CT molecular complexity index is 540. The molecule has 2 fully saturated rings. The molecule has 20 heavy (non-hydrogen) atoms. The molecule has 0 spiro atoms. The zero-order valence-corrected chi connectivity index (χ0v) is 11.4. The van der Waals surface area contributed by atoms with Crippen LogP contribution >= 0.6 is 0 Å². The van der Waals surface area contributed by atoms with E-state index in [4.69, 9.17) is 5.26 Å². The normalized spacial score (nSPS) is 32.6. The van der Waals surface area contributed by atoms with Gasteiger partial charge in [0, 0.05) is 17.6 Å². The first-order chi connectivity index (χ1) is 9.60. The Kier molecular flexibility index (Phi) is 3.49. The van der Waals surface area contributed by atoms with Gasteiger partial charge in [-0.05, 0) is 37.3 Å². The van der Waals surface area contributed by atoms with Crippen molar-refractivity contribution < 1.29 is 9.50 Å². The zero-order chi connectivity index (χ0) is 14.2. The van der Waals surface area contributed by atoms with E-state index in [1.54, 1.807) is 12.1 Å². The standard InChI is InChI=1S/C16H19FN2O/c17-15-8-11(6-7-18)4-5-14(15)16(20)9-12-2-1-3-13(10-16)19-12/h4-5,8,12-13,19-20H,1-3,6,9-10H2. The van der Waals surface area contributed by atoms with Crippen LogP contribution in [0.2, 0.25) is 0 Å². The van der Waals surface area contributed by atoms with Gasteiger partial charge in [-0.1, -0.05) is 18.6 Å². The molecule has 106 valence electrons. The molecule has 2 atom stereocenters. The third-order valence-corrected chi connectivity index (χ3v) is 4.56. The number of hydrogen-bond acceptors (Lipinski definition) is 3. The van der Waals surface area contributed by atoms with Gasteiger partial charge in [0.05, 0.1) is 18.1 Å². The molecule has 0 aromatic heterocycles. The highest BCUT2D eigenvalue weighted by Gasteiger charge is 2.42. The van der Waals surface area contributed by atoms with Crippen LogP contribution < -0.4 is 5.32 Å². The predicted octanol–water partition coefficient (Wildman–Crippen LogP) is 2.38. The minimum absolute atomic E-state index is 0.197. The largest absolute Gasteiger partial charge is 0.385 e. The number of fused-ring (bicyclic) bond motifs is 2. The van der Waals surface area contributed by atoms with E-state index in [9.17, 15) is 9.50 Å². The molecule has 2 unspecified atom stereocenters. The minimum Gasteiger partial charge on any atom is -0.385 e. The number of halogens is 1. The van der Waals surface area contributed by atoms with Crippen molar-refractivity contribution in [3.63, 3.8) is 0 Å². The molecule has 2 bridgehead atoms. The van der Waals surface area contributed by atoms with Crippen molar-refractivity contribution in [3.05, 3.63) is 35.1 Å². The highest BCUT2D eigenvalue weighted by molar-refractivity contribution is 5.31. The highest BCUT2D eigenvalue weighted by atomic mass is 19.1. The number of hydrogen-bond donors (Lipinski definition) is 2. The van der Waals surface area contributed by atoms with Crippen LogP contribution in [0.5, 0.6) is 0 Å². The quantitative estimate of drug-likeness (QED) is 0.870. The molecule has 3 rings (SSSR count). The van der Waals surface area contributed by atoms with Crippen molar-refractivity contribution in [3.8, 4) is 6.07 Å². The maximum absolute atomic E-state index is 14.3. The molecule has 1 aromatic carbocycles. The monoisotopic (exact) mass is 274 g/mol. The summed E-state index contributed by atoms with van der Waals surface area (Å²) in [5.41, 5.74) is -0.0277. The van der Waals surface area contributed by atoms with E-state index in [1.165, 1.54) is 12.5 Å². The lowest BCUT2D eigenvalue weighted by Gasteiger charge is -2.45. The van der Waals surface area contributed by atoms with Gasteiger partial charge in [-0.15, -0.1) is 0 Å². The average Bonchev–Trinajstić information content (AvgIpc) is 2.38. The van der Waals surface area contributed by atoms with Crippen LogP contribution in [0.3, 0.4) is 0 Å². The molecule has 2 N–H and O–H groups in total. The van der Waals surface area contributed by atoms with E-state index in [-0.39, 0.29) is 24.3 Å². The van der Waals surface area contributed by atoms with E-state index in [1.807, 2.05) is 6.07 Å². The SMILES string of the molecule is N#CCc1ccc(C2(O)CC3CCCC(C2)N3)c(F)c1. The van der Waals surface area contributed by atoms with Crippen LogP contribution in [-0.2, 0) is 12.0 Å². The Morgan fingerprint density at radius 1 is 1.35 bits per heavy atom. The summed E-state index contributed by atoms with van der Waals surface area (Å²) in [6.45, 7) is 0. The summed E-state index contributed by atoms with van der Waals surface area (Å²) >= 11 is 0. The van der Waals surface area contributed by atoms with Crippen molar-refractivity contribution in [1.29, 1.82) is 5.26 Å². The fourth-order valence-corrected chi connectivity index (χ4v) is 3.69. The molecule has 2 saturated heterocycles. The second-order valence-corrected chi connectivity index (χ2v) is 6.08. The van der Waals surface area contributed by atoms with E-state index in [0.717, 1.165) is 12.8 Å². The van der Waals surface area contributed by atoms with Gasteiger partial charge in [-0.3, -0.25) is 0 Å². The third-order valence-electron chi connectivity index (χ3n) is 4.56. The van der Waals surface area contributed by atoms with Gasteiger partial charge in [0.1, 0.15) is 5.82 Å². The summed E-state index contributed by atoms with van der Waals surface area (Å²) < 4.78 is 14.3. The fourth-order valence-electron chi connectivity index (χ4n) is 3.69. The lowest BCUT2D eigenvalue weighted by atomic mass is 9.73. The molecule has 0 radical (unpaired) electrons. The van der Waals surface area contributed by atoms with Crippen molar-refractivity contribution >= 4 is 0 Å². The molecule has 2 heterocycles. The number of nitrogens with zero attached hydrogens (tertiary/aromatic N) is 1. The Morgan fingerprint density at radius 3 is 2.65 bits per heavy atom. The number of rotatable bonds is 2. The number of nitrogens with one attached hydrogen (secondary N) is 1. The van der Waals surface area contributed by atoms with Crippen LogP contribution in [-0.4, -0.2) is 17.2 Å². The third kappa shape index (κ3) is 2.44. The molecule has 0 aliphatic carbocycles. The van der Waals surface area contributed by atoms with Crippen molar-refractivity contribution in [2.45, 2.75) is 56.2 Å². The van der Waals surface area contributed by atoms with Crippen molar-refractivity contribution in [2.75, 3.05) is 0 Å². The lowest BCUT2D eigenvalue weighted by Crippen LogP contribution is -2.54. The molecule has 1 aromatic rings. The second-order valence-electron chi connectivity index (χ2n) is 6.08. The number of aliphatic hydroxyl groups is 1. The molecule has 0 amide bonds. The number of nitriles is 1. The molecular weight excluding hydrogens is 255 g/mol. The summed E-state index contributed by atoms with van der Waals surface area (Å²) in [6.07, 6.45) is 4.61. The summed E-state index contributed by atoms with van der Waals surface area (Å²) in [6, 6.07) is 7.37. The Balaban J connectivity index is 1.89. The summed E-state index contributed by atoms with van der Waals surface area (Å²) in [7, 11) is 0. The Hall–Kier alpha value is -1.44. The van der Waals surface area contributed by atoms with E-state index < -0.39 is 5.60 Å². The van der Waals surface area contributed by atoms with Crippen LogP contribution in [0.1, 0.15) is 43.2 Å². The Morgan fingerprint density at radius 2 is 2.05 bits per heavy atom. The smallest absolute Gasteiger partial charge is 0.129 e. The molecule has 0 saturated carbocycles. The molecule has 2 aliphatic heterocycles. The average molecular weight is 274 g/mol. The molecule has 2 aliphatic rings. The van der Waals surface area contributed by atoms with Gasteiger partial charge in [-0.2, -0.15) is 5.26 Å². The van der Waals surface area contributed by atoms with Crippen LogP contribution in [0.4, 0.5) is 4.39 Å². The summed E-state index contributed by atoms with van der Waals surface area (Å²) in [4.78, 5) is 0. The van der Waals surface area contributed by atoms with Gasteiger partial charge in [-0.25, -0.2) is 4.39 Å². The van der Waals surface area contributed by atoms with Crippen molar-refractivity contribution in [2.24, 2.45) is 0 Å². The topological polar surface area (TPSA) is 56.0 Å². The first kappa shape index (κ1) is 13.5. The maximum Gasteiger partial charge on any atom is 0.129 e. The number of piperidine rings is 2. The van der Waals surface area contributed by atoms with E-state index >= 15 is 0 Å². The molecular formula is C16H19FN2O.